The number of amides is 1. The highest BCUT2D eigenvalue weighted by Gasteiger charge is 2.52. The average molecular weight is 553 g/mol. The van der Waals surface area contributed by atoms with Gasteiger partial charge in [0.1, 0.15) is 6.61 Å². The van der Waals surface area contributed by atoms with E-state index in [0.29, 0.717) is 0 Å². The molecule has 1 aliphatic carbocycles. The Morgan fingerprint density at radius 3 is 1.93 bits per heavy atom. The highest BCUT2D eigenvalue weighted by atomic mass is 19.2. The molecule has 0 radical (unpaired) electrons. The Bertz CT molecular complexity index is 1420. The molecule has 0 atom stereocenters. The van der Waals surface area contributed by atoms with Crippen molar-refractivity contribution < 1.29 is 36.4 Å². The van der Waals surface area contributed by atoms with E-state index in [2.05, 4.69) is 5.32 Å². The van der Waals surface area contributed by atoms with Crippen molar-refractivity contribution in [3.8, 4) is 11.1 Å². The third-order valence-corrected chi connectivity index (χ3v) is 7.81. The lowest BCUT2D eigenvalue weighted by Gasteiger charge is -2.32. The first-order valence-corrected chi connectivity index (χ1v) is 12.9. The molecule has 0 spiro atoms. The van der Waals surface area contributed by atoms with Crippen molar-refractivity contribution >= 4 is 19.3 Å². The van der Waals surface area contributed by atoms with Gasteiger partial charge in [-0.25, -0.2) is 22.4 Å². The van der Waals surface area contributed by atoms with Crippen LogP contribution in [-0.2, 0) is 14.0 Å². The molecule has 40 heavy (non-hydrogen) atoms. The van der Waals surface area contributed by atoms with Gasteiger partial charge in [-0.2, -0.15) is 0 Å². The Morgan fingerprint density at radius 2 is 1.40 bits per heavy atom. The van der Waals surface area contributed by atoms with E-state index in [9.17, 15) is 22.4 Å². The van der Waals surface area contributed by atoms with Crippen molar-refractivity contribution in [2.24, 2.45) is 0 Å². The van der Waals surface area contributed by atoms with E-state index in [4.69, 9.17) is 14.0 Å². The molecule has 208 valence electrons. The molecule has 1 aliphatic heterocycles. The van der Waals surface area contributed by atoms with E-state index in [0.717, 1.165) is 28.3 Å². The first kappa shape index (κ1) is 27.9. The third kappa shape index (κ3) is 5.02. The summed E-state index contributed by atoms with van der Waals surface area (Å²) in [5.74, 6) is -6.43. The zero-order valence-electron chi connectivity index (χ0n) is 22.5. The maximum atomic E-state index is 14.5. The molecule has 2 aliphatic rings. The van der Waals surface area contributed by atoms with Crippen LogP contribution in [0.2, 0.25) is 0 Å². The number of rotatable bonds is 6. The lowest BCUT2D eigenvalue weighted by Crippen LogP contribution is -2.41. The normalized spacial score (nSPS) is 17.5. The van der Waals surface area contributed by atoms with Crippen LogP contribution in [-0.4, -0.2) is 37.6 Å². The number of alkyl carbamates (subject to hydrolysis) is 1. The first-order chi connectivity index (χ1) is 18.9. The average Bonchev–Trinajstić information content (AvgIpc) is 3.34. The molecule has 10 heteroatoms. The summed E-state index contributed by atoms with van der Waals surface area (Å²) in [6, 6.07) is 15.9. The van der Waals surface area contributed by atoms with Crippen LogP contribution in [0.4, 0.5) is 22.4 Å². The smallest absolute Gasteiger partial charge is 0.449 e. The Kier molecular flexibility index (Phi) is 7.27. The molecular weight excluding hydrogens is 525 g/mol. The number of nitrogens with one attached hydrogen (secondary N) is 1. The molecule has 5 nitrogen and oxygen atoms in total. The lowest BCUT2D eigenvalue weighted by molar-refractivity contribution is 0.00578. The van der Waals surface area contributed by atoms with E-state index in [-0.39, 0.29) is 30.6 Å². The van der Waals surface area contributed by atoms with Crippen molar-refractivity contribution in [1.82, 2.24) is 5.32 Å². The molecule has 0 bridgehead atoms. The van der Waals surface area contributed by atoms with Gasteiger partial charge in [0.15, 0.2) is 23.3 Å². The second-order valence-corrected chi connectivity index (χ2v) is 10.9. The predicted molar refractivity (Wildman–Crippen MR) is 143 cm³/mol. The summed E-state index contributed by atoms with van der Waals surface area (Å²) < 4.78 is 74.3. The highest BCUT2D eigenvalue weighted by molar-refractivity contribution is 6.56. The van der Waals surface area contributed by atoms with E-state index >= 15 is 0 Å². The summed E-state index contributed by atoms with van der Waals surface area (Å²) in [6.07, 6.45) is 0.0959. The zero-order chi connectivity index (χ0) is 28.8. The summed E-state index contributed by atoms with van der Waals surface area (Å²) in [4.78, 5) is 12.8. The largest absolute Gasteiger partial charge is 0.492 e. The van der Waals surface area contributed by atoms with Crippen molar-refractivity contribution in [3.63, 3.8) is 0 Å². The van der Waals surface area contributed by atoms with Gasteiger partial charge in [-0.3, -0.25) is 0 Å². The van der Waals surface area contributed by atoms with Crippen molar-refractivity contribution in [1.29, 1.82) is 0 Å². The molecule has 5 rings (SSSR count). The summed E-state index contributed by atoms with van der Waals surface area (Å²) in [7, 11) is -1.16. The second-order valence-electron chi connectivity index (χ2n) is 10.9. The quantitative estimate of drug-likeness (QED) is 0.207. The predicted octanol–water partition coefficient (Wildman–Crippen LogP) is 6.80. The monoisotopic (exact) mass is 553 g/mol. The molecule has 1 saturated heterocycles. The van der Waals surface area contributed by atoms with Gasteiger partial charge >= 0.3 is 13.2 Å². The number of halogens is 4. The number of hydrogen-bond donors (Lipinski definition) is 1. The Hall–Kier alpha value is -3.63. The van der Waals surface area contributed by atoms with Crippen LogP contribution in [0.1, 0.15) is 50.3 Å². The minimum atomic E-state index is -1.57. The van der Waals surface area contributed by atoms with Crippen LogP contribution >= 0.6 is 0 Å². The number of carbonyl (C=O) groups is 1. The number of hydrogen-bond acceptors (Lipinski definition) is 4. The van der Waals surface area contributed by atoms with Gasteiger partial charge in [-0.1, -0.05) is 54.6 Å². The van der Waals surface area contributed by atoms with Gasteiger partial charge in [0, 0.05) is 18.5 Å². The number of fused-ring (bicyclic) bond motifs is 3. The van der Waals surface area contributed by atoms with E-state index in [1.54, 1.807) is 27.7 Å². The number of carbonyl (C=O) groups excluding carboxylic acids is 1. The molecule has 1 amide bonds. The minimum Gasteiger partial charge on any atom is -0.449 e. The van der Waals surface area contributed by atoms with Gasteiger partial charge in [-0.15, -0.1) is 0 Å². The molecule has 3 aromatic rings. The lowest BCUT2D eigenvalue weighted by atomic mass is 9.77. The molecule has 0 saturated carbocycles. The highest BCUT2D eigenvalue weighted by Crippen LogP contribution is 2.44. The maximum absolute atomic E-state index is 14.5. The second kappa shape index (κ2) is 10.4. The molecule has 1 fully saturated rings. The maximum Gasteiger partial charge on any atom is 0.492 e. The number of ether oxygens (including phenoxy) is 1. The van der Waals surface area contributed by atoms with Crippen LogP contribution in [0.3, 0.4) is 0 Å². The van der Waals surface area contributed by atoms with Crippen molar-refractivity contribution in [2.45, 2.75) is 44.8 Å². The van der Waals surface area contributed by atoms with Crippen LogP contribution in [0.25, 0.3) is 17.2 Å². The van der Waals surface area contributed by atoms with E-state index < -0.39 is 53.2 Å². The summed E-state index contributed by atoms with van der Waals surface area (Å²) >= 11 is 0. The molecule has 0 aromatic heterocycles. The van der Waals surface area contributed by atoms with Gasteiger partial charge in [0.2, 0.25) is 0 Å². The topological polar surface area (TPSA) is 56.8 Å². The first-order valence-electron chi connectivity index (χ1n) is 12.9. The minimum absolute atomic E-state index is 0.0370. The van der Waals surface area contributed by atoms with E-state index in [1.807, 2.05) is 48.5 Å². The third-order valence-electron chi connectivity index (χ3n) is 7.81. The number of benzene rings is 3. The standard InChI is InChI=1S/C30H28BF4NO4/c1-29(2)30(3,4)40-31(39-29)17(13-22-26(34)24(32)14-25(33)27(22)35)15-36-28(37)38-16-23-20-11-7-5-9-18(20)19-10-6-8-12-21(19)23/h5-14,23H,15-16H2,1-4H3,(H,36,37). The fraction of sp³-hybridized carbons (Fsp3) is 0.300. The summed E-state index contributed by atoms with van der Waals surface area (Å²) in [6.45, 7) is 6.80. The van der Waals surface area contributed by atoms with Crippen LogP contribution in [0.5, 0.6) is 0 Å². The zero-order valence-corrected chi connectivity index (χ0v) is 22.5. The van der Waals surface area contributed by atoms with E-state index in [1.165, 1.54) is 0 Å². The van der Waals surface area contributed by atoms with Crippen LogP contribution in [0, 0.1) is 23.3 Å². The Labute approximate surface area is 230 Å². The molecule has 1 heterocycles. The molecular formula is C30H28BF4NO4. The Morgan fingerprint density at radius 1 is 0.900 bits per heavy atom. The van der Waals surface area contributed by atoms with Gasteiger partial charge < -0.3 is 19.4 Å². The van der Waals surface area contributed by atoms with Gasteiger partial charge in [0.25, 0.3) is 0 Å². The summed E-state index contributed by atoms with van der Waals surface area (Å²) in [5.41, 5.74) is 1.65. The molecule has 1 N–H and O–H groups in total. The fourth-order valence-corrected chi connectivity index (χ4v) is 4.92. The van der Waals surface area contributed by atoms with Crippen molar-refractivity contribution in [2.75, 3.05) is 13.2 Å². The SMILES string of the molecule is CC1(C)OB(C(=Cc2c(F)c(F)cc(F)c2F)CNC(=O)OCC2c3ccccc3-c3ccccc32)OC1(C)C. The summed E-state index contributed by atoms with van der Waals surface area (Å²) in [5, 5.41) is 2.55. The molecule has 3 aromatic carbocycles. The fourth-order valence-electron chi connectivity index (χ4n) is 4.92. The Balaban J connectivity index is 1.36. The van der Waals surface area contributed by atoms with Crippen molar-refractivity contribution in [3.05, 3.63) is 100 Å². The van der Waals surface area contributed by atoms with Gasteiger partial charge in [0.05, 0.1) is 16.8 Å². The van der Waals surface area contributed by atoms with Crippen LogP contribution < -0.4 is 5.32 Å². The van der Waals surface area contributed by atoms with Gasteiger partial charge in [-0.05, 0) is 55.4 Å². The van der Waals surface area contributed by atoms with Crippen LogP contribution in [0.15, 0.2) is 60.1 Å². The molecule has 0 unspecified atom stereocenters.